The van der Waals surface area contributed by atoms with Crippen LogP contribution in [0.15, 0.2) is 46.1 Å². The van der Waals surface area contributed by atoms with Crippen LogP contribution in [-0.4, -0.2) is 34.9 Å². The van der Waals surface area contributed by atoms with E-state index < -0.39 is 0 Å². The average Bonchev–Trinajstić information content (AvgIpc) is 3.37. The lowest BCUT2D eigenvalue weighted by atomic mass is 10.3. The molecule has 2 aromatic heterocycles. The first-order valence-electron chi connectivity index (χ1n) is 7.64. The number of anilines is 2. The number of hydrogen-bond acceptors (Lipinski definition) is 9. The summed E-state index contributed by atoms with van der Waals surface area (Å²) in [6, 6.07) is 10.9. The molecular formula is C16H15N5O3S3. The van der Waals surface area contributed by atoms with Crippen molar-refractivity contribution in [1.82, 2.24) is 21.0 Å². The van der Waals surface area contributed by atoms with Crippen LogP contribution in [0.4, 0.5) is 10.8 Å². The molecule has 0 bridgehead atoms. The smallest absolute Gasteiger partial charge is 0.279 e. The molecule has 0 unspecified atom stereocenters. The highest BCUT2D eigenvalue weighted by molar-refractivity contribution is 8.01. The fraction of sp³-hybridized carbons (Fsp3) is 0.125. The van der Waals surface area contributed by atoms with E-state index in [0.29, 0.717) is 20.1 Å². The Labute approximate surface area is 167 Å². The molecule has 0 saturated carbocycles. The molecule has 140 valence electrons. The molecule has 3 rings (SSSR count). The van der Waals surface area contributed by atoms with Crippen molar-refractivity contribution in [2.45, 2.75) is 4.34 Å². The number of methoxy groups -OCH3 is 1. The minimum Gasteiger partial charge on any atom is -0.495 e. The van der Waals surface area contributed by atoms with Crippen LogP contribution in [0.25, 0.3) is 0 Å². The second-order valence-corrected chi connectivity index (χ2v) is 8.11. The lowest BCUT2D eigenvalue weighted by Gasteiger charge is -2.07. The summed E-state index contributed by atoms with van der Waals surface area (Å²) in [6.07, 6.45) is 0. The monoisotopic (exact) mass is 421 g/mol. The van der Waals surface area contributed by atoms with Crippen LogP contribution in [0.2, 0.25) is 0 Å². The molecule has 8 nitrogen and oxygen atoms in total. The van der Waals surface area contributed by atoms with Crippen LogP contribution in [-0.2, 0) is 4.79 Å². The minimum atomic E-state index is -0.345. The van der Waals surface area contributed by atoms with E-state index in [-0.39, 0.29) is 17.6 Å². The number of carbonyl (C=O) groups excluding carboxylic acids is 2. The van der Waals surface area contributed by atoms with Crippen LogP contribution < -0.4 is 20.9 Å². The molecule has 0 radical (unpaired) electrons. The summed E-state index contributed by atoms with van der Waals surface area (Å²) >= 11 is 3.85. The van der Waals surface area contributed by atoms with Gasteiger partial charge in [-0.2, -0.15) is 0 Å². The van der Waals surface area contributed by atoms with Crippen molar-refractivity contribution in [2.24, 2.45) is 0 Å². The van der Waals surface area contributed by atoms with Gasteiger partial charge < -0.3 is 10.1 Å². The molecule has 0 fully saturated rings. The van der Waals surface area contributed by atoms with E-state index in [2.05, 4.69) is 26.4 Å². The second kappa shape index (κ2) is 9.35. The van der Waals surface area contributed by atoms with Crippen molar-refractivity contribution >= 4 is 57.1 Å². The molecule has 27 heavy (non-hydrogen) atoms. The second-order valence-electron chi connectivity index (χ2n) is 4.97. The van der Waals surface area contributed by atoms with Crippen molar-refractivity contribution in [3.05, 3.63) is 46.7 Å². The van der Waals surface area contributed by atoms with Gasteiger partial charge in [-0.25, -0.2) is 0 Å². The quantitative estimate of drug-likeness (QED) is 0.398. The molecule has 1 aromatic carbocycles. The Kier molecular flexibility index (Phi) is 6.63. The maximum Gasteiger partial charge on any atom is 0.279 e. The van der Waals surface area contributed by atoms with Gasteiger partial charge in [0, 0.05) is 0 Å². The van der Waals surface area contributed by atoms with Crippen molar-refractivity contribution in [1.29, 1.82) is 0 Å². The van der Waals surface area contributed by atoms with E-state index in [1.165, 1.54) is 34.4 Å². The molecule has 0 aliphatic rings. The van der Waals surface area contributed by atoms with Gasteiger partial charge in [0.15, 0.2) is 4.34 Å². The van der Waals surface area contributed by atoms with Gasteiger partial charge in [0.1, 0.15) is 5.75 Å². The summed E-state index contributed by atoms with van der Waals surface area (Å²) in [5.41, 5.74) is 5.53. The molecule has 0 aliphatic heterocycles. The van der Waals surface area contributed by atoms with Crippen LogP contribution in [0, 0.1) is 0 Å². The fourth-order valence-corrected chi connectivity index (χ4v) is 4.12. The zero-order chi connectivity index (χ0) is 19.1. The number of nitrogens with zero attached hydrogens (tertiary/aromatic N) is 2. The highest BCUT2D eigenvalue weighted by Gasteiger charge is 2.11. The van der Waals surface area contributed by atoms with Crippen molar-refractivity contribution in [3.8, 4) is 5.75 Å². The van der Waals surface area contributed by atoms with Gasteiger partial charge in [0.05, 0.1) is 23.4 Å². The topological polar surface area (TPSA) is 105 Å². The third kappa shape index (κ3) is 5.42. The number of para-hydroxylation sites is 2. The highest BCUT2D eigenvalue weighted by atomic mass is 32.2. The number of hydrogen-bond donors (Lipinski definition) is 3. The highest BCUT2D eigenvalue weighted by Crippen LogP contribution is 2.31. The normalized spacial score (nSPS) is 10.3. The molecule has 0 atom stereocenters. The third-order valence-corrected chi connectivity index (χ3v) is 5.98. The molecular weight excluding hydrogens is 406 g/mol. The zero-order valence-electron chi connectivity index (χ0n) is 14.1. The largest absolute Gasteiger partial charge is 0.495 e. The molecule has 2 amide bonds. The first kappa shape index (κ1) is 19.1. The van der Waals surface area contributed by atoms with Gasteiger partial charge in [0.2, 0.25) is 11.0 Å². The number of thioether (sulfide) groups is 1. The number of ether oxygens (including phenoxy) is 1. The average molecular weight is 422 g/mol. The summed E-state index contributed by atoms with van der Waals surface area (Å²) < 4.78 is 5.91. The number of nitrogens with one attached hydrogen (secondary N) is 3. The molecule has 11 heteroatoms. The van der Waals surface area contributed by atoms with Crippen LogP contribution in [0.5, 0.6) is 5.75 Å². The van der Waals surface area contributed by atoms with Crippen LogP contribution >= 0.6 is 34.4 Å². The minimum absolute atomic E-state index is 0.105. The number of rotatable bonds is 7. The van der Waals surface area contributed by atoms with Crippen LogP contribution in [0.1, 0.15) is 9.67 Å². The van der Waals surface area contributed by atoms with Gasteiger partial charge in [-0.05, 0) is 23.6 Å². The van der Waals surface area contributed by atoms with Crippen molar-refractivity contribution < 1.29 is 14.3 Å². The molecule has 0 aliphatic carbocycles. The summed E-state index contributed by atoms with van der Waals surface area (Å²) in [5, 5.41) is 13.6. The summed E-state index contributed by atoms with van der Waals surface area (Å²) in [7, 11) is 1.59. The SMILES string of the molecule is COc1ccccc1Nc1nnc(SCC(=O)NNC(=O)c2cccs2)s1. The van der Waals surface area contributed by atoms with Gasteiger partial charge in [-0.15, -0.1) is 21.5 Å². The predicted octanol–water partition coefficient (Wildman–Crippen LogP) is 2.91. The lowest BCUT2D eigenvalue weighted by Crippen LogP contribution is -2.42. The van der Waals surface area contributed by atoms with E-state index in [9.17, 15) is 9.59 Å². The Bertz CT molecular complexity index is 914. The van der Waals surface area contributed by atoms with Crippen molar-refractivity contribution in [3.63, 3.8) is 0 Å². The molecule has 0 spiro atoms. The number of thiophene rings is 1. The maximum atomic E-state index is 11.9. The number of amides is 2. The van der Waals surface area contributed by atoms with E-state index in [1.807, 2.05) is 24.3 Å². The molecule has 0 saturated heterocycles. The molecule has 3 aromatic rings. The summed E-state index contributed by atoms with van der Waals surface area (Å²) in [5.74, 6) is 0.123. The van der Waals surface area contributed by atoms with E-state index in [4.69, 9.17) is 4.74 Å². The first-order valence-corrected chi connectivity index (χ1v) is 10.3. The Morgan fingerprint density at radius 3 is 2.78 bits per heavy atom. The first-order chi connectivity index (χ1) is 13.2. The van der Waals surface area contributed by atoms with Crippen LogP contribution in [0.3, 0.4) is 0 Å². The number of aromatic nitrogens is 2. The van der Waals surface area contributed by atoms with Gasteiger partial charge in [-0.3, -0.25) is 20.4 Å². The van der Waals surface area contributed by atoms with Gasteiger partial charge in [0.25, 0.3) is 5.91 Å². The van der Waals surface area contributed by atoms with Crippen molar-refractivity contribution in [2.75, 3.05) is 18.2 Å². The molecule has 2 heterocycles. The van der Waals surface area contributed by atoms with E-state index in [1.54, 1.807) is 24.6 Å². The van der Waals surface area contributed by atoms with E-state index in [0.717, 1.165) is 5.69 Å². The summed E-state index contributed by atoms with van der Waals surface area (Å²) in [6.45, 7) is 0. The number of carbonyl (C=O) groups is 2. The number of hydrazine groups is 1. The predicted molar refractivity (Wildman–Crippen MR) is 107 cm³/mol. The Balaban J connectivity index is 1.46. The Morgan fingerprint density at radius 2 is 2.00 bits per heavy atom. The lowest BCUT2D eigenvalue weighted by molar-refractivity contribution is -0.119. The summed E-state index contributed by atoms with van der Waals surface area (Å²) in [4.78, 5) is 24.1. The standard InChI is InChI=1S/C16H15N5O3S3/c1-24-11-6-3-2-5-10(11)17-15-20-21-16(27-15)26-9-13(22)18-19-14(23)12-7-4-8-25-12/h2-8H,9H2,1H3,(H,17,20)(H,18,22)(H,19,23). The fourth-order valence-electron chi connectivity index (χ4n) is 1.94. The van der Waals surface area contributed by atoms with E-state index >= 15 is 0 Å². The Morgan fingerprint density at radius 1 is 1.15 bits per heavy atom. The van der Waals surface area contributed by atoms with Gasteiger partial charge in [-0.1, -0.05) is 41.3 Å². The third-order valence-electron chi connectivity index (χ3n) is 3.14. The Hall–Kier alpha value is -2.63. The maximum absolute atomic E-state index is 11.9. The van der Waals surface area contributed by atoms with Gasteiger partial charge >= 0.3 is 0 Å². The molecule has 3 N–H and O–H groups in total. The zero-order valence-corrected chi connectivity index (χ0v) is 16.5. The number of benzene rings is 1.